The second kappa shape index (κ2) is 9.84. The van der Waals surface area contributed by atoms with Gasteiger partial charge in [-0.3, -0.25) is 9.98 Å². The lowest BCUT2D eigenvalue weighted by Crippen LogP contribution is -1.85. The number of allylic oxidation sites excluding steroid dienone is 3. The molecule has 0 aliphatic heterocycles. The van der Waals surface area contributed by atoms with E-state index < -0.39 is 0 Å². The van der Waals surface area contributed by atoms with Crippen molar-refractivity contribution in [3.8, 4) is 0 Å². The molecule has 0 N–H and O–H groups in total. The van der Waals surface area contributed by atoms with Gasteiger partial charge < -0.3 is 0 Å². The molecular formula is C14H20N2. The molecule has 0 radical (unpaired) electrons. The Morgan fingerprint density at radius 3 is 2.50 bits per heavy atom. The van der Waals surface area contributed by atoms with Crippen molar-refractivity contribution in [3.63, 3.8) is 0 Å². The Balaban J connectivity index is 0.00000106. The largest absolute Gasteiger partial charge is 0.259 e. The van der Waals surface area contributed by atoms with Crippen molar-refractivity contribution in [3.05, 3.63) is 48.3 Å². The summed E-state index contributed by atoms with van der Waals surface area (Å²) in [4.78, 5) is 8.49. The maximum Gasteiger partial charge on any atom is 0.0885 e. The first kappa shape index (κ1) is 14.3. The number of hydrogen-bond acceptors (Lipinski definition) is 2. The number of aliphatic imine (C=N–C) groups is 1. The van der Waals surface area contributed by atoms with Gasteiger partial charge in [0, 0.05) is 12.4 Å². The van der Waals surface area contributed by atoms with E-state index in [4.69, 9.17) is 0 Å². The average molecular weight is 216 g/mol. The molecule has 86 valence electrons. The van der Waals surface area contributed by atoms with Crippen molar-refractivity contribution >= 4 is 11.9 Å². The van der Waals surface area contributed by atoms with E-state index in [1.54, 1.807) is 12.4 Å². The van der Waals surface area contributed by atoms with Crippen LogP contribution in [0.1, 0.15) is 33.4 Å². The first-order valence-electron chi connectivity index (χ1n) is 5.61. The van der Waals surface area contributed by atoms with Crippen molar-refractivity contribution in [1.82, 2.24) is 4.98 Å². The van der Waals surface area contributed by atoms with Gasteiger partial charge in [0.25, 0.3) is 0 Å². The van der Waals surface area contributed by atoms with Crippen molar-refractivity contribution in [2.45, 2.75) is 27.7 Å². The summed E-state index contributed by atoms with van der Waals surface area (Å²) in [6, 6.07) is 5.80. The zero-order valence-corrected chi connectivity index (χ0v) is 10.5. The third kappa shape index (κ3) is 5.25. The van der Waals surface area contributed by atoms with E-state index in [-0.39, 0.29) is 0 Å². The molecule has 0 unspecified atom stereocenters. The van der Waals surface area contributed by atoms with Crippen LogP contribution < -0.4 is 0 Å². The van der Waals surface area contributed by atoms with Gasteiger partial charge in [-0.2, -0.15) is 0 Å². The summed E-state index contributed by atoms with van der Waals surface area (Å²) >= 11 is 0. The Labute approximate surface area is 98.5 Å². The Bertz CT molecular complexity index is 348. The molecule has 0 aliphatic rings. The molecule has 0 fully saturated rings. The molecule has 1 rings (SSSR count). The molecule has 1 aromatic heterocycles. The summed E-state index contributed by atoms with van der Waals surface area (Å²) in [5, 5.41) is 0. The quantitative estimate of drug-likeness (QED) is 0.551. The molecule has 0 spiro atoms. The molecule has 16 heavy (non-hydrogen) atoms. The molecule has 1 heterocycles. The highest BCUT2D eigenvalue weighted by atomic mass is 14.8. The van der Waals surface area contributed by atoms with Gasteiger partial charge >= 0.3 is 0 Å². The molecular weight excluding hydrogens is 196 g/mol. The van der Waals surface area contributed by atoms with E-state index in [0.717, 1.165) is 11.4 Å². The minimum atomic E-state index is 0.881. The maximum atomic E-state index is 4.25. The minimum absolute atomic E-state index is 0.881. The van der Waals surface area contributed by atoms with E-state index in [1.165, 1.54) is 0 Å². The second-order valence-corrected chi connectivity index (χ2v) is 2.68. The lowest BCUT2D eigenvalue weighted by atomic mass is 10.2. The van der Waals surface area contributed by atoms with Crippen molar-refractivity contribution < 1.29 is 0 Å². The number of aromatic nitrogens is 1. The molecule has 0 saturated carbocycles. The van der Waals surface area contributed by atoms with Gasteiger partial charge in [-0.15, -0.1) is 0 Å². The maximum absolute atomic E-state index is 4.25. The van der Waals surface area contributed by atoms with Gasteiger partial charge in [0.15, 0.2) is 0 Å². The SMILES string of the molecule is CC.CC=N/C(=C\C=C/C)c1ccccn1. The van der Waals surface area contributed by atoms with E-state index in [0.29, 0.717) is 0 Å². The number of nitrogens with zero attached hydrogens (tertiary/aromatic N) is 2. The fourth-order valence-corrected chi connectivity index (χ4v) is 1.04. The van der Waals surface area contributed by atoms with Crippen LogP contribution in [-0.2, 0) is 0 Å². The highest BCUT2D eigenvalue weighted by Crippen LogP contribution is 2.11. The van der Waals surface area contributed by atoms with Gasteiger partial charge in [0.2, 0.25) is 0 Å². The summed E-state index contributed by atoms with van der Waals surface area (Å²) in [7, 11) is 0. The van der Waals surface area contributed by atoms with E-state index >= 15 is 0 Å². The fraction of sp³-hybridized carbons (Fsp3) is 0.286. The van der Waals surface area contributed by atoms with Crippen LogP contribution >= 0.6 is 0 Å². The lowest BCUT2D eigenvalue weighted by Gasteiger charge is -1.98. The highest BCUT2D eigenvalue weighted by molar-refractivity contribution is 5.71. The summed E-state index contributed by atoms with van der Waals surface area (Å²) in [6.45, 7) is 7.87. The highest BCUT2D eigenvalue weighted by Gasteiger charge is 1.96. The summed E-state index contributed by atoms with van der Waals surface area (Å²) in [5.41, 5.74) is 1.77. The lowest BCUT2D eigenvalue weighted by molar-refractivity contribution is 1.26. The number of rotatable bonds is 3. The Morgan fingerprint density at radius 2 is 2.00 bits per heavy atom. The third-order valence-corrected chi connectivity index (χ3v) is 1.64. The van der Waals surface area contributed by atoms with Crippen LogP contribution in [0, 0.1) is 0 Å². The first-order valence-corrected chi connectivity index (χ1v) is 5.61. The van der Waals surface area contributed by atoms with Crippen LogP contribution in [0.15, 0.2) is 47.6 Å². The Kier molecular flexibility index (Phi) is 8.79. The summed E-state index contributed by atoms with van der Waals surface area (Å²) < 4.78 is 0. The smallest absolute Gasteiger partial charge is 0.0885 e. The molecule has 0 aromatic carbocycles. The van der Waals surface area contributed by atoms with Crippen molar-refractivity contribution in [2.75, 3.05) is 0 Å². The predicted octanol–water partition coefficient (Wildman–Crippen LogP) is 4.12. The van der Waals surface area contributed by atoms with Crippen LogP contribution in [0.2, 0.25) is 0 Å². The molecule has 0 aliphatic carbocycles. The standard InChI is InChI=1S/C12H14N2.C2H6/c1-3-5-8-11(13-4-2)12-9-6-7-10-14-12;1-2/h3-10H,1-2H3;1-2H3/b5-3-,11-8-,13-4?;. The van der Waals surface area contributed by atoms with Gasteiger partial charge in [-0.25, -0.2) is 0 Å². The predicted molar refractivity (Wildman–Crippen MR) is 72.5 cm³/mol. The molecule has 0 bridgehead atoms. The number of pyridine rings is 1. The van der Waals surface area contributed by atoms with Gasteiger partial charge in [-0.05, 0) is 32.1 Å². The Hall–Kier alpha value is -1.70. The molecule has 2 nitrogen and oxygen atoms in total. The molecule has 1 aromatic rings. The minimum Gasteiger partial charge on any atom is -0.259 e. The number of hydrogen-bond donors (Lipinski definition) is 0. The van der Waals surface area contributed by atoms with Crippen molar-refractivity contribution in [2.24, 2.45) is 4.99 Å². The Morgan fingerprint density at radius 1 is 1.25 bits per heavy atom. The van der Waals surface area contributed by atoms with Gasteiger partial charge in [0.05, 0.1) is 11.4 Å². The topological polar surface area (TPSA) is 25.2 Å². The van der Waals surface area contributed by atoms with E-state index in [9.17, 15) is 0 Å². The van der Waals surface area contributed by atoms with Crippen LogP contribution in [-0.4, -0.2) is 11.2 Å². The monoisotopic (exact) mass is 216 g/mol. The van der Waals surface area contributed by atoms with E-state index in [1.807, 2.05) is 64.1 Å². The molecule has 0 amide bonds. The van der Waals surface area contributed by atoms with Crippen LogP contribution in [0.5, 0.6) is 0 Å². The third-order valence-electron chi connectivity index (χ3n) is 1.64. The van der Waals surface area contributed by atoms with Crippen LogP contribution in [0.3, 0.4) is 0 Å². The van der Waals surface area contributed by atoms with Gasteiger partial charge in [-0.1, -0.05) is 32.1 Å². The normalized spacial score (nSPS) is 11.6. The van der Waals surface area contributed by atoms with E-state index in [2.05, 4.69) is 9.98 Å². The zero-order valence-electron chi connectivity index (χ0n) is 10.5. The molecule has 0 saturated heterocycles. The summed E-state index contributed by atoms with van der Waals surface area (Å²) in [6.07, 6.45) is 9.40. The summed E-state index contributed by atoms with van der Waals surface area (Å²) in [5.74, 6) is 0. The van der Waals surface area contributed by atoms with Crippen LogP contribution in [0.25, 0.3) is 5.70 Å². The van der Waals surface area contributed by atoms with Crippen LogP contribution in [0.4, 0.5) is 0 Å². The molecule has 0 atom stereocenters. The average Bonchev–Trinajstić information content (AvgIpc) is 2.38. The fourth-order valence-electron chi connectivity index (χ4n) is 1.04. The molecule has 2 heteroatoms. The van der Waals surface area contributed by atoms with Crippen molar-refractivity contribution in [1.29, 1.82) is 0 Å². The second-order valence-electron chi connectivity index (χ2n) is 2.68. The van der Waals surface area contributed by atoms with Gasteiger partial charge in [0.1, 0.15) is 0 Å². The zero-order chi connectivity index (χ0) is 12.2. The first-order chi connectivity index (χ1) is 7.88.